The van der Waals surface area contributed by atoms with Gasteiger partial charge in [-0.3, -0.25) is 9.68 Å². The van der Waals surface area contributed by atoms with Crippen molar-refractivity contribution in [2.24, 2.45) is 0 Å². The van der Waals surface area contributed by atoms with E-state index in [1.54, 1.807) is 0 Å². The van der Waals surface area contributed by atoms with Crippen LogP contribution in [0.3, 0.4) is 0 Å². The first-order valence-electron chi connectivity index (χ1n) is 7.89. The molecular formula is C18H23NO5. The first-order chi connectivity index (χ1) is 11.8. The van der Waals surface area contributed by atoms with Gasteiger partial charge in [0.2, 0.25) is 0 Å². The SMILES string of the molecule is OCCON(CCc1ccc(Oc2ccccc2)cc1)OCCO. The lowest BCUT2D eigenvalue weighted by atomic mass is 10.1. The van der Waals surface area contributed by atoms with Crippen molar-refractivity contribution < 1.29 is 24.6 Å². The van der Waals surface area contributed by atoms with Crippen LogP contribution in [0.1, 0.15) is 5.56 Å². The highest BCUT2D eigenvalue weighted by Crippen LogP contribution is 2.21. The van der Waals surface area contributed by atoms with Gasteiger partial charge in [0.1, 0.15) is 11.5 Å². The van der Waals surface area contributed by atoms with E-state index in [9.17, 15) is 0 Å². The van der Waals surface area contributed by atoms with Gasteiger partial charge in [-0.2, -0.15) is 0 Å². The number of aliphatic hydroxyl groups is 2. The maximum atomic E-state index is 8.81. The van der Waals surface area contributed by atoms with Gasteiger partial charge < -0.3 is 14.9 Å². The number of hydrogen-bond acceptors (Lipinski definition) is 6. The van der Waals surface area contributed by atoms with E-state index in [-0.39, 0.29) is 26.4 Å². The maximum Gasteiger partial charge on any atom is 0.127 e. The van der Waals surface area contributed by atoms with E-state index < -0.39 is 0 Å². The molecule has 0 aliphatic carbocycles. The van der Waals surface area contributed by atoms with Gasteiger partial charge in [-0.15, -0.1) is 0 Å². The molecule has 0 atom stereocenters. The molecule has 6 nitrogen and oxygen atoms in total. The molecule has 2 rings (SSSR count). The zero-order valence-corrected chi connectivity index (χ0v) is 13.5. The van der Waals surface area contributed by atoms with E-state index in [0.29, 0.717) is 13.0 Å². The van der Waals surface area contributed by atoms with Gasteiger partial charge in [-0.25, -0.2) is 0 Å². The Morgan fingerprint density at radius 2 is 1.33 bits per heavy atom. The minimum atomic E-state index is -0.0928. The van der Waals surface area contributed by atoms with Crippen molar-refractivity contribution >= 4 is 0 Å². The van der Waals surface area contributed by atoms with Gasteiger partial charge >= 0.3 is 0 Å². The van der Waals surface area contributed by atoms with E-state index in [1.807, 2.05) is 54.6 Å². The lowest BCUT2D eigenvalue weighted by Gasteiger charge is -2.20. The summed E-state index contributed by atoms with van der Waals surface area (Å²) < 4.78 is 5.75. The number of hydroxylamine groups is 2. The number of benzene rings is 2. The lowest BCUT2D eigenvalue weighted by molar-refractivity contribution is -0.370. The predicted molar refractivity (Wildman–Crippen MR) is 89.4 cm³/mol. The molecule has 0 spiro atoms. The second-order valence-corrected chi connectivity index (χ2v) is 4.98. The molecule has 0 saturated heterocycles. The summed E-state index contributed by atoms with van der Waals surface area (Å²) in [6, 6.07) is 17.4. The van der Waals surface area contributed by atoms with Gasteiger partial charge in [0, 0.05) is 0 Å². The quantitative estimate of drug-likeness (QED) is 0.614. The highest BCUT2D eigenvalue weighted by molar-refractivity contribution is 5.32. The summed E-state index contributed by atoms with van der Waals surface area (Å²) >= 11 is 0. The van der Waals surface area contributed by atoms with Crippen LogP contribution in [-0.4, -0.2) is 48.4 Å². The van der Waals surface area contributed by atoms with Gasteiger partial charge in [0.05, 0.1) is 33.0 Å². The molecule has 0 saturated carbocycles. The monoisotopic (exact) mass is 333 g/mol. The Balaban J connectivity index is 1.83. The molecule has 0 heterocycles. The lowest BCUT2D eigenvalue weighted by Crippen LogP contribution is -2.29. The van der Waals surface area contributed by atoms with Gasteiger partial charge in [-0.1, -0.05) is 35.6 Å². The average molecular weight is 333 g/mol. The van der Waals surface area contributed by atoms with Crippen LogP contribution in [0.4, 0.5) is 0 Å². The third kappa shape index (κ3) is 6.66. The van der Waals surface area contributed by atoms with Crippen LogP contribution in [-0.2, 0) is 16.1 Å². The minimum Gasteiger partial charge on any atom is -0.457 e. The van der Waals surface area contributed by atoms with E-state index in [1.165, 1.54) is 5.23 Å². The van der Waals surface area contributed by atoms with E-state index in [2.05, 4.69) is 0 Å². The third-order valence-electron chi connectivity index (χ3n) is 3.14. The highest BCUT2D eigenvalue weighted by atomic mass is 16.9. The highest BCUT2D eigenvalue weighted by Gasteiger charge is 2.07. The molecule has 2 aromatic rings. The molecule has 2 N–H and O–H groups in total. The number of aliphatic hydroxyl groups excluding tert-OH is 2. The zero-order chi connectivity index (χ0) is 17.0. The normalized spacial score (nSPS) is 11.0. The van der Waals surface area contributed by atoms with Crippen LogP contribution >= 0.6 is 0 Å². The van der Waals surface area contributed by atoms with Crippen molar-refractivity contribution in [3.63, 3.8) is 0 Å². The number of ether oxygens (including phenoxy) is 1. The number of hydrogen-bond donors (Lipinski definition) is 2. The Bertz CT molecular complexity index is 553. The molecule has 0 fully saturated rings. The minimum absolute atomic E-state index is 0.0928. The molecule has 0 bridgehead atoms. The van der Waals surface area contributed by atoms with Crippen LogP contribution < -0.4 is 4.74 Å². The van der Waals surface area contributed by atoms with Crippen LogP contribution in [0.15, 0.2) is 54.6 Å². The average Bonchev–Trinajstić information content (AvgIpc) is 2.63. The van der Waals surface area contributed by atoms with Crippen molar-refractivity contribution in [1.82, 2.24) is 5.23 Å². The van der Waals surface area contributed by atoms with Crippen molar-refractivity contribution in [1.29, 1.82) is 0 Å². The number of rotatable bonds is 11. The maximum absolute atomic E-state index is 8.81. The Labute approximate surface area is 141 Å². The molecule has 24 heavy (non-hydrogen) atoms. The number of nitrogens with zero attached hydrogens (tertiary/aromatic N) is 1. The summed E-state index contributed by atoms with van der Waals surface area (Å²) in [5, 5.41) is 18.9. The molecule has 0 radical (unpaired) electrons. The molecule has 0 aliphatic rings. The van der Waals surface area contributed by atoms with Crippen molar-refractivity contribution in [3.05, 3.63) is 60.2 Å². The first kappa shape index (κ1) is 18.4. The molecule has 0 aromatic heterocycles. The van der Waals surface area contributed by atoms with Crippen molar-refractivity contribution in [2.45, 2.75) is 6.42 Å². The van der Waals surface area contributed by atoms with Crippen LogP contribution in [0.25, 0.3) is 0 Å². The van der Waals surface area contributed by atoms with Gasteiger partial charge in [0.25, 0.3) is 0 Å². The second kappa shape index (κ2) is 10.7. The largest absolute Gasteiger partial charge is 0.457 e. The van der Waals surface area contributed by atoms with Crippen LogP contribution in [0.2, 0.25) is 0 Å². The molecular weight excluding hydrogens is 310 g/mol. The Morgan fingerprint density at radius 3 is 1.92 bits per heavy atom. The fraction of sp³-hybridized carbons (Fsp3) is 0.333. The predicted octanol–water partition coefficient (Wildman–Crippen LogP) is 2.17. The fourth-order valence-electron chi connectivity index (χ4n) is 2.02. The summed E-state index contributed by atoms with van der Waals surface area (Å²) in [5.41, 5.74) is 1.10. The zero-order valence-electron chi connectivity index (χ0n) is 13.5. The van der Waals surface area contributed by atoms with Crippen molar-refractivity contribution in [2.75, 3.05) is 33.0 Å². The smallest absolute Gasteiger partial charge is 0.127 e. The van der Waals surface area contributed by atoms with E-state index in [0.717, 1.165) is 17.1 Å². The number of para-hydroxylation sites is 1. The molecule has 2 aromatic carbocycles. The topological polar surface area (TPSA) is 71.4 Å². The molecule has 6 heteroatoms. The molecule has 0 unspecified atom stereocenters. The fourth-order valence-corrected chi connectivity index (χ4v) is 2.02. The second-order valence-electron chi connectivity index (χ2n) is 4.98. The van der Waals surface area contributed by atoms with Crippen molar-refractivity contribution in [3.8, 4) is 11.5 Å². The van der Waals surface area contributed by atoms with E-state index in [4.69, 9.17) is 24.6 Å². The Morgan fingerprint density at radius 1 is 0.750 bits per heavy atom. The summed E-state index contributed by atoms with van der Waals surface area (Å²) in [6.07, 6.45) is 0.697. The Kier molecular flexibility index (Phi) is 8.23. The van der Waals surface area contributed by atoms with Gasteiger partial charge in [-0.05, 0) is 36.2 Å². The molecule has 0 aliphatic heterocycles. The summed E-state index contributed by atoms with van der Waals surface area (Å²) in [5.74, 6) is 1.57. The first-order valence-corrected chi connectivity index (χ1v) is 7.89. The third-order valence-corrected chi connectivity index (χ3v) is 3.14. The standard InChI is InChI=1S/C18H23NO5/c20-12-14-22-19(23-15-13-21)11-10-16-6-8-18(9-7-16)24-17-4-2-1-3-5-17/h1-9,20-21H,10-15H2. The van der Waals surface area contributed by atoms with Gasteiger partial charge in [0.15, 0.2) is 0 Å². The summed E-state index contributed by atoms with van der Waals surface area (Å²) in [4.78, 5) is 10.5. The Hall–Kier alpha value is -1.96. The van der Waals surface area contributed by atoms with Crippen LogP contribution in [0.5, 0.6) is 11.5 Å². The van der Waals surface area contributed by atoms with Crippen LogP contribution in [0, 0.1) is 0 Å². The molecule has 0 amide bonds. The summed E-state index contributed by atoms with van der Waals surface area (Å²) in [6.45, 7) is 0.596. The summed E-state index contributed by atoms with van der Waals surface area (Å²) in [7, 11) is 0. The molecule has 130 valence electrons. The van der Waals surface area contributed by atoms with E-state index >= 15 is 0 Å².